The lowest BCUT2D eigenvalue weighted by molar-refractivity contribution is -0.133. The molecule has 0 fully saturated rings. The molecule has 0 radical (unpaired) electrons. The summed E-state index contributed by atoms with van der Waals surface area (Å²) in [5, 5.41) is 24.9. The monoisotopic (exact) mass is 596 g/mol. The number of ether oxygens (including phenoxy) is 1. The minimum atomic E-state index is -1.13. The predicted octanol–water partition coefficient (Wildman–Crippen LogP) is 7.09. The summed E-state index contributed by atoms with van der Waals surface area (Å²) >= 11 is 6.15. The summed E-state index contributed by atoms with van der Waals surface area (Å²) in [6.45, 7) is 3.43. The number of pyridine rings is 1. The van der Waals surface area contributed by atoms with E-state index in [2.05, 4.69) is 10.3 Å². The van der Waals surface area contributed by atoms with E-state index in [0.29, 0.717) is 41.2 Å². The first-order valence-electron chi connectivity index (χ1n) is 14.1. The maximum atomic E-state index is 13.3. The number of amides is 1. The zero-order valence-electron chi connectivity index (χ0n) is 24.0. The Hall–Kier alpha value is -4.46. The highest BCUT2D eigenvalue weighted by atomic mass is 35.5. The standard InChI is InChI=1S/C35H33ClN2O5/c1-35(2,42)29-11-3-4-12-32(29)43-21-31(38-33(39)27-9-6-10-28(27)34(40)41)24-8-5-7-22(19-24)13-17-26-18-15-23-14-16-25(36)20-30(23)37-26/h3-5,7-8,11-20,31,42H,6,9-10,21H2,1-2H3,(H,38,39)(H,40,41). The molecule has 1 amide bonds. The number of hydrogen-bond donors (Lipinski definition) is 3. The molecular weight excluding hydrogens is 564 g/mol. The number of fused-ring (bicyclic) bond motifs is 1. The molecule has 0 bridgehead atoms. The number of rotatable bonds is 10. The predicted molar refractivity (Wildman–Crippen MR) is 169 cm³/mol. The van der Waals surface area contributed by atoms with Crippen molar-refractivity contribution in [2.24, 2.45) is 0 Å². The molecule has 1 aromatic heterocycles. The number of carbonyl (C=O) groups is 2. The topological polar surface area (TPSA) is 109 Å². The number of aliphatic hydroxyl groups is 1. The minimum Gasteiger partial charge on any atom is -0.491 e. The van der Waals surface area contributed by atoms with Crippen molar-refractivity contribution in [3.63, 3.8) is 0 Å². The number of benzene rings is 3. The number of halogens is 1. The van der Waals surface area contributed by atoms with Gasteiger partial charge < -0.3 is 20.3 Å². The van der Waals surface area contributed by atoms with Gasteiger partial charge >= 0.3 is 5.97 Å². The van der Waals surface area contributed by atoms with Crippen LogP contribution in [0.3, 0.4) is 0 Å². The molecule has 3 aromatic carbocycles. The van der Waals surface area contributed by atoms with E-state index in [1.54, 1.807) is 26.0 Å². The maximum Gasteiger partial charge on any atom is 0.332 e. The third-order valence-electron chi connectivity index (χ3n) is 7.44. The highest BCUT2D eigenvalue weighted by molar-refractivity contribution is 6.31. The van der Waals surface area contributed by atoms with Gasteiger partial charge in [-0.25, -0.2) is 9.78 Å². The Morgan fingerprint density at radius 3 is 2.56 bits per heavy atom. The van der Waals surface area contributed by atoms with E-state index in [1.807, 2.05) is 78.9 Å². The minimum absolute atomic E-state index is 0.0642. The van der Waals surface area contributed by atoms with Crippen molar-refractivity contribution >= 4 is 46.5 Å². The lowest BCUT2D eigenvalue weighted by Crippen LogP contribution is -2.34. The third-order valence-corrected chi connectivity index (χ3v) is 7.68. The SMILES string of the molecule is CC(C)(O)c1ccccc1OCC(NC(=O)C1=C(C(=O)O)CCC1)c1cccc(C=Cc2ccc3ccc(Cl)cc3n2)c1. The van der Waals surface area contributed by atoms with Gasteiger partial charge in [0.15, 0.2) is 0 Å². The smallest absolute Gasteiger partial charge is 0.332 e. The number of carbonyl (C=O) groups excluding carboxylic acids is 1. The van der Waals surface area contributed by atoms with Gasteiger partial charge in [-0.1, -0.05) is 66.2 Å². The Balaban J connectivity index is 1.43. The van der Waals surface area contributed by atoms with Gasteiger partial charge in [-0.2, -0.15) is 0 Å². The molecule has 0 aliphatic heterocycles. The normalized spacial score (nSPS) is 14.3. The highest BCUT2D eigenvalue weighted by Crippen LogP contribution is 2.31. The zero-order chi connectivity index (χ0) is 30.6. The molecule has 0 saturated carbocycles. The molecule has 1 heterocycles. The molecule has 0 spiro atoms. The molecule has 5 rings (SSSR count). The lowest BCUT2D eigenvalue weighted by atomic mass is 9.97. The van der Waals surface area contributed by atoms with Gasteiger partial charge in [-0.15, -0.1) is 0 Å². The van der Waals surface area contributed by atoms with Crippen molar-refractivity contribution in [1.29, 1.82) is 0 Å². The molecule has 1 atom stereocenters. The van der Waals surface area contributed by atoms with Gasteiger partial charge in [0.25, 0.3) is 0 Å². The van der Waals surface area contributed by atoms with E-state index >= 15 is 0 Å². The number of hydrogen-bond acceptors (Lipinski definition) is 5. The van der Waals surface area contributed by atoms with Crippen molar-refractivity contribution in [1.82, 2.24) is 10.3 Å². The Morgan fingerprint density at radius 2 is 1.77 bits per heavy atom. The fraction of sp³-hybridized carbons (Fsp3) is 0.229. The molecule has 1 aliphatic rings. The lowest BCUT2D eigenvalue weighted by Gasteiger charge is -2.25. The quantitative estimate of drug-likeness (QED) is 0.180. The van der Waals surface area contributed by atoms with Crippen LogP contribution >= 0.6 is 11.6 Å². The number of aliphatic carboxylic acids is 1. The Labute approximate surface area is 255 Å². The number of nitrogens with one attached hydrogen (secondary N) is 1. The van der Waals surface area contributed by atoms with Crippen LogP contribution in [0.4, 0.5) is 0 Å². The van der Waals surface area contributed by atoms with Gasteiger partial charge in [0, 0.05) is 27.1 Å². The van der Waals surface area contributed by atoms with E-state index in [-0.39, 0.29) is 12.2 Å². The van der Waals surface area contributed by atoms with E-state index in [0.717, 1.165) is 27.7 Å². The fourth-order valence-corrected chi connectivity index (χ4v) is 5.39. The summed E-state index contributed by atoms with van der Waals surface area (Å²) in [5.41, 5.74) is 3.18. The first kappa shape index (κ1) is 30.0. The third kappa shape index (κ3) is 7.31. The van der Waals surface area contributed by atoms with Crippen LogP contribution in [0.5, 0.6) is 5.75 Å². The first-order chi connectivity index (χ1) is 20.6. The summed E-state index contributed by atoms with van der Waals surface area (Å²) in [4.78, 5) is 29.8. The molecular formula is C35H33ClN2O5. The summed E-state index contributed by atoms with van der Waals surface area (Å²) in [6.07, 6.45) is 5.25. The number of para-hydroxylation sites is 1. The average molecular weight is 597 g/mol. The van der Waals surface area contributed by atoms with E-state index in [4.69, 9.17) is 16.3 Å². The van der Waals surface area contributed by atoms with Crippen molar-refractivity contribution in [3.05, 3.63) is 117 Å². The molecule has 4 aromatic rings. The van der Waals surface area contributed by atoms with Gasteiger partial charge in [-0.05, 0) is 80.6 Å². The summed E-state index contributed by atoms with van der Waals surface area (Å²) in [6, 6.07) is 23.8. The molecule has 220 valence electrons. The molecule has 3 N–H and O–H groups in total. The molecule has 7 nitrogen and oxygen atoms in total. The van der Waals surface area contributed by atoms with Crippen molar-refractivity contribution in [2.75, 3.05) is 6.61 Å². The second kappa shape index (κ2) is 12.8. The Kier molecular flexibility index (Phi) is 8.94. The number of nitrogens with zero attached hydrogens (tertiary/aromatic N) is 1. The second-order valence-corrected chi connectivity index (χ2v) is 11.5. The fourth-order valence-electron chi connectivity index (χ4n) is 5.23. The van der Waals surface area contributed by atoms with Crippen molar-refractivity contribution in [2.45, 2.75) is 44.8 Å². The van der Waals surface area contributed by atoms with E-state index < -0.39 is 23.5 Å². The van der Waals surface area contributed by atoms with Crippen LogP contribution in [0.2, 0.25) is 5.02 Å². The average Bonchev–Trinajstić information content (AvgIpc) is 3.49. The van der Waals surface area contributed by atoms with Crippen LogP contribution in [0.25, 0.3) is 23.1 Å². The molecule has 8 heteroatoms. The Bertz CT molecular complexity index is 1740. The van der Waals surface area contributed by atoms with Crippen LogP contribution in [0, 0.1) is 0 Å². The summed E-state index contributed by atoms with van der Waals surface area (Å²) in [7, 11) is 0. The van der Waals surface area contributed by atoms with Gasteiger partial charge in [0.1, 0.15) is 12.4 Å². The number of aromatic nitrogens is 1. The van der Waals surface area contributed by atoms with Gasteiger partial charge in [0.2, 0.25) is 5.91 Å². The van der Waals surface area contributed by atoms with Crippen molar-refractivity contribution < 1.29 is 24.5 Å². The van der Waals surface area contributed by atoms with Crippen molar-refractivity contribution in [3.8, 4) is 5.75 Å². The summed E-state index contributed by atoms with van der Waals surface area (Å²) in [5.74, 6) is -0.982. The van der Waals surface area contributed by atoms with Crippen LogP contribution in [0.1, 0.15) is 61.5 Å². The Morgan fingerprint density at radius 1 is 1.00 bits per heavy atom. The number of carboxylic acid groups (broad SMARTS) is 1. The largest absolute Gasteiger partial charge is 0.491 e. The van der Waals surface area contributed by atoms with Gasteiger partial charge in [0.05, 0.1) is 22.9 Å². The molecule has 1 unspecified atom stereocenters. The maximum absolute atomic E-state index is 13.3. The molecule has 43 heavy (non-hydrogen) atoms. The van der Waals surface area contributed by atoms with Gasteiger partial charge in [-0.3, -0.25) is 4.79 Å². The number of carboxylic acids is 1. The zero-order valence-corrected chi connectivity index (χ0v) is 24.8. The first-order valence-corrected chi connectivity index (χ1v) is 14.5. The molecule has 1 aliphatic carbocycles. The van der Waals surface area contributed by atoms with Crippen LogP contribution in [-0.2, 0) is 15.2 Å². The van der Waals surface area contributed by atoms with E-state index in [9.17, 15) is 19.8 Å². The van der Waals surface area contributed by atoms with Crippen LogP contribution < -0.4 is 10.1 Å². The summed E-state index contributed by atoms with van der Waals surface area (Å²) < 4.78 is 6.19. The second-order valence-electron chi connectivity index (χ2n) is 11.1. The molecule has 0 saturated heterocycles. The van der Waals surface area contributed by atoms with Crippen LogP contribution in [-0.4, -0.2) is 33.7 Å². The van der Waals surface area contributed by atoms with E-state index in [1.165, 1.54) is 0 Å². The van der Waals surface area contributed by atoms with Crippen LogP contribution in [0.15, 0.2) is 90.0 Å². The highest BCUT2D eigenvalue weighted by Gasteiger charge is 2.28.